The maximum atomic E-state index is 13.2. The van der Waals surface area contributed by atoms with Crippen molar-refractivity contribution >= 4 is 5.97 Å². The fourth-order valence-corrected chi connectivity index (χ4v) is 2.07. The van der Waals surface area contributed by atoms with Gasteiger partial charge in [0.05, 0.1) is 7.11 Å². The molecule has 0 amide bonds. The van der Waals surface area contributed by atoms with Gasteiger partial charge in [0, 0.05) is 5.41 Å². The van der Waals surface area contributed by atoms with Gasteiger partial charge in [-0.1, -0.05) is 6.07 Å². The third kappa shape index (κ3) is 1.91. The van der Waals surface area contributed by atoms with E-state index in [0.717, 1.165) is 12.1 Å². The molecule has 3 nitrogen and oxygen atoms in total. The minimum atomic E-state index is -0.925. The zero-order chi connectivity index (χ0) is 12.6. The number of esters is 1. The molecule has 1 aliphatic rings. The number of benzene rings is 1. The molecule has 1 atom stereocenters. The summed E-state index contributed by atoms with van der Waals surface area (Å²) in [5.41, 5.74) is 5.75. The Balaban J connectivity index is 2.32. The average Bonchev–Trinajstić information content (AvgIpc) is 3.12. The monoisotopic (exact) mass is 241 g/mol. The van der Waals surface area contributed by atoms with Crippen LogP contribution in [0.2, 0.25) is 0 Å². The van der Waals surface area contributed by atoms with Crippen molar-refractivity contribution in [3.63, 3.8) is 0 Å². The van der Waals surface area contributed by atoms with Gasteiger partial charge < -0.3 is 10.5 Å². The highest BCUT2D eigenvalue weighted by atomic mass is 19.2. The summed E-state index contributed by atoms with van der Waals surface area (Å²) in [6, 6.07) is 2.78. The molecule has 0 heterocycles. The van der Waals surface area contributed by atoms with Gasteiger partial charge >= 0.3 is 5.97 Å². The maximum absolute atomic E-state index is 13.2. The van der Waals surface area contributed by atoms with Gasteiger partial charge in [0.2, 0.25) is 0 Å². The zero-order valence-corrected chi connectivity index (χ0v) is 9.37. The number of ether oxygens (including phenoxy) is 1. The number of halogens is 2. The Labute approximate surface area is 97.6 Å². The normalized spacial score (nSPS) is 18.6. The molecule has 1 unspecified atom stereocenters. The Bertz CT molecular complexity index is 458. The predicted octanol–water partition coefficient (Wildman–Crippen LogP) is 1.50. The Morgan fingerprint density at radius 3 is 2.53 bits per heavy atom. The fourth-order valence-electron chi connectivity index (χ4n) is 2.07. The highest BCUT2D eigenvalue weighted by molar-refractivity contribution is 5.78. The summed E-state index contributed by atoms with van der Waals surface area (Å²) in [5, 5.41) is 0. The van der Waals surface area contributed by atoms with E-state index in [9.17, 15) is 13.6 Å². The molecule has 1 aliphatic carbocycles. The van der Waals surface area contributed by atoms with E-state index in [4.69, 9.17) is 5.73 Å². The van der Waals surface area contributed by atoms with Crippen LogP contribution in [0.25, 0.3) is 0 Å². The van der Waals surface area contributed by atoms with Gasteiger partial charge in [-0.15, -0.1) is 0 Å². The lowest BCUT2D eigenvalue weighted by Crippen LogP contribution is -2.42. The largest absolute Gasteiger partial charge is 0.468 e. The fraction of sp³-hybridized carbons (Fsp3) is 0.417. The second-order valence-corrected chi connectivity index (χ2v) is 4.29. The molecule has 1 fully saturated rings. The number of carbonyl (C=O) groups excluding carboxylic acids is 1. The highest BCUT2D eigenvalue weighted by Gasteiger charge is 2.52. The highest BCUT2D eigenvalue weighted by Crippen LogP contribution is 2.50. The molecule has 1 aromatic carbocycles. The van der Waals surface area contributed by atoms with Crippen LogP contribution in [0.5, 0.6) is 0 Å². The van der Waals surface area contributed by atoms with E-state index in [1.165, 1.54) is 13.2 Å². The Morgan fingerprint density at radius 2 is 2.06 bits per heavy atom. The van der Waals surface area contributed by atoms with Crippen LogP contribution < -0.4 is 5.73 Å². The van der Waals surface area contributed by atoms with Crippen LogP contribution in [0.15, 0.2) is 18.2 Å². The van der Waals surface area contributed by atoms with Gasteiger partial charge in [0.1, 0.15) is 6.04 Å². The summed E-state index contributed by atoms with van der Waals surface area (Å²) in [6.07, 6.45) is 1.35. The van der Waals surface area contributed by atoms with Crippen LogP contribution in [0.3, 0.4) is 0 Å². The van der Waals surface area contributed by atoms with Crippen LogP contribution >= 0.6 is 0 Å². The maximum Gasteiger partial charge on any atom is 0.323 e. The van der Waals surface area contributed by atoms with E-state index in [1.54, 1.807) is 0 Å². The SMILES string of the molecule is COC(=O)C(N)C1(c2ccc(F)c(F)c2)CC1. The first-order valence-electron chi connectivity index (χ1n) is 5.30. The van der Waals surface area contributed by atoms with E-state index >= 15 is 0 Å². The molecule has 0 aromatic heterocycles. The topological polar surface area (TPSA) is 52.3 Å². The Hall–Kier alpha value is -1.49. The van der Waals surface area contributed by atoms with E-state index in [0.29, 0.717) is 18.4 Å². The average molecular weight is 241 g/mol. The predicted molar refractivity (Wildman–Crippen MR) is 57.3 cm³/mol. The van der Waals surface area contributed by atoms with Crippen molar-refractivity contribution in [2.24, 2.45) is 5.73 Å². The van der Waals surface area contributed by atoms with Gasteiger partial charge in [-0.2, -0.15) is 0 Å². The van der Waals surface area contributed by atoms with Crippen molar-refractivity contribution in [1.82, 2.24) is 0 Å². The van der Waals surface area contributed by atoms with E-state index in [-0.39, 0.29) is 0 Å². The summed E-state index contributed by atoms with van der Waals surface area (Å²) in [5.74, 6) is -2.37. The summed E-state index contributed by atoms with van der Waals surface area (Å²) in [6.45, 7) is 0. The van der Waals surface area contributed by atoms with E-state index < -0.39 is 29.1 Å². The Kier molecular flexibility index (Phi) is 2.87. The molecule has 0 bridgehead atoms. The molecule has 0 spiro atoms. The van der Waals surface area contributed by atoms with Crippen LogP contribution in [0.1, 0.15) is 18.4 Å². The van der Waals surface area contributed by atoms with Crippen LogP contribution in [0, 0.1) is 11.6 Å². The number of hydrogen-bond acceptors (Lipinski definition) is 3. The van der Waals surface area contributed by atoms with E-state index in [2.05, 4.69) is 4.74 Å². The molecule has 1 saturated carbocycles. The summed E-state index contributed by atoms with van der Waals surface area (Å²) >= 11 is 0. The van der Waals surface area contributed by atoms with Crippen molar-refractivity contribution < 1.29 is 18.3 Å². The van der Waals surface area contributed by atoms with Gasteiger partial charge in [-0.3, -0.25) is 4.79 Å². The minimum absolute atomic E-state index is 0.535. The summed E-state index contributed by atoms with van der Waals surface area (Å²) in [7, 11) is 1.25. The molecule has 0 radical (unpaired) electrons. The third-order valence-electron chi connectivity index (χ3n) is 3.33. The molecule has 17 heavy (non-hydrogen) atoms. The first-order chi connectivity index (χ1) is 8.01. The van der Waals surface area contributed by atoms with Crippen LogP contribution in [0.4, 0.5) is 8.78 Å². The molecular weight excluding hydrogens is 228 g/mol. The second kappa shape index (κ2) is 4.07. The first-order valence-corrected chi connectivity index (χ1v) is 5.30. The van der Waals surface area contributed by atoms with Crippen LogP contribution in [-0.4, -0.2) is 19.1 Å². The molecular formula is C12H13F2NO2. The van der Waals surface area contributed by atoms with Crippen molar-refractivity contribution in [1.29, 1.82) is 0 Å². The quantitative estimate of drug-likeness (QED) is 0.816. The van der Waals surface area contributed by atoms with Crippen molar-refractivity contribution in [3.8, 4) is 0 Å². The standard InChI is InChI=1S/C12H13F2NO2/c1-17-11(16)10(15)12(4-5-12)7-2-3-8(13)9(14)6-7/h2-3,6,10H,4-5,15H2,1H3. The number of rotatable bonds is 3. The van der Waals surface area contributed by atoms with E-state index in [1.807, 2.05) is 0 Å². The smallest absolute Gasteiger partial charge is 0.323 e. The Morgan fingerprint density at radius 1 is 1.41 bits per heavy atom. The van der Waals surface area contributed by atoms with Gasteiger partial charge in [-0.05, 0) is 30.5 Å². The number of nitrogens with two attached hydrogens (primary N) is 1. The zero-order valence-electron chi connectivity index (χ0n) is 9.37. The first kappa shape index (κ1) is 12.0. The molecule has 0 saturated heterocycles. The van der Waals surface area contributed by atoms with Crippen molar-refractivity contribution in [3.05, 3.63) is 35.4 Å². The molecule has 2 N–H and O–H groups in total. The summed E-state index contributed by atoms with van der Waals surface area (Å²) in [4.78, 5) is 11.4. The van der Waals surface area contributed by atoms with Gasteiger partial charge in [0.15, 0.2) is 11.6 Å². The second-order valence-electron chi connectivity index (χ2n) is 4.29. The lowest BCUT2D eigenvalue weighted by molar-refractivity contribution is -0.143. The number of carbonyl (C=O) groups is 1. The van der Waals surface area contributed by atoms with Crippen molar-refractivity contribution in [2.45, 2.75) is 24.3 Å². The van der Waals surface area contributed by atoms with Crippen molar-refractivity contribution in [2.75, 3.05) is 7.11 Å². The molecule has 0 aliphatic heterocycles. The van der Waals surface area contributed by atoms with Gasteiger partial charge in [-0.25, -0.2) is 8.78 Å². The molecule has 92 valence electrons. The lowest BCUT2D eigenvalue weighted by atomic mass is 9.88. The summed E-state index contributed by atoms with van der Waals surface area (Å²) < 4.78 is 30.6. The minimum Gasteiger partial charge on any atom is -0.468 e. The van der Waals surface area contributed by atoms with Crippen LogP contribution in [-0.2, 0) is 14.9 Å². The third-order valence-corrected chi connectivity index (χ3v) is 3.33. The number of methoxy groups -OCH3 is 1. The molecule has 2 rings (SSSR count). The van der Waals surface area contributed by atoms with Gasteiger partial charge in [0.25, 0.3) is 0 Å². The molecule has 5 heteroatoms. The lowest BCUT2D eigenvalue weighted by Gasteiger charge is -2.21. The molecule has 1 aromatic rings. The number of hydrogen-bond donors (Lipinski definition) is 1.